The van der Waals surface area contributed by atoms with Crippen LogP contribution in [-0.2, 0) is 4.79 Å². The molecule has 1 saturated heterocycles. The SMILES string of the molecule is CCCCC(=O)N(C)CCC1CCCCN1. The zero-order valence-electron chi connectivity index (χ0n) is 10.8. The van der Waals surface area contributed by atoms with E-state index in [0.717, 1.165) is 32.4 Å². The molecule has 1 aliphatic heterocycles. The van der Waals surface area contributed by atoms with E-state index in [2.05, 4.69) is 12.2 Å². The summed E-state index contributed by atoms with van der Waals surface area (Å²) in [6.07, 6.45) is 7.86. The van der Waals surface area contributed by atoms with E-state index in [1.54, 1.807) is 0 Å². The first-order chi connectivity index (χ1) is 7.74. The van der Waals surface area contributed by atoms with Gasteiger partial charge in [0.25, 0.3) is 0 Å². The Morgan fingerprint density at radius 3 is 2.88 bits per heavy atom. The Morgan fingerprint density at radius 2 is 2.25 bits per heavy atom. The average molecular weight is 226 g/mol. The van der Waals surface area contributed by atoms with E-state index in [1.807, 2.05) is 11.9 Å². The van der Waals surface area contributed by atoms with E-state index in [9.17, 15) is 4.79 Å². The summed E-state index contributed by atoms with van der Waals surface area (Å²) >= 11 is 0. The van der Waals surface area contributed by atoms with Gasteiger partial charge in [-0.2, -0.15) is 0 Å². The minimum atomic E-state index is 0.303. The predicted octanol–water partition coefficient (Wildman–Crippen LogP) is 2.17. The van der Waals surface area contributed by atoms with Gasteiger partial charge in [-0.1, -0.05) is 19.8 Å². The van der Waals surface area contributed by atoms with Crippen LogP contribution in [0.3, 0.4) is 0 Å². The molecule has 1 aliphatic rings. The van der Waals surface area contributed by atoms with Crippen LogP contribution in [0.4, 0.5) is 0 Å². The lowest BCUT2D eigenvalue weighted by Crippen LogP contribution is -2.38. The maximum atomic E-state index is 11.7. The Labute approximate surface area is 99.6 Å². The number of rotatable bonds is 6. The van der Waals surface area contributed by atoms with E-state index in [4.69, 9.17) is 0 Å². The second-order valence-corrected chi connectivity index (χ2v) is 4.85. The Hall–Kier alpha value is -0.570. The molecule has 0 aromatic heterocycles. The van der Waals surface area contributed by atoms with Gasteiger partial charge in [0.1, 0.15) is 0 Å². The van der Waals surface area contributed by atoms with Crippen LogP contribution < -0.4 is 5.32 Å². The van der Waals surface area contributed by atoms with Crippen molar-refractivity contribution in [2.24, 2.45) is 0 Å². The van der Waals surface area contributed by atoms with E-state index >= 15 is 0 Å². The van der Waals surface area contributed by atoms with Gasteiger partial charge in [0.2, 0.25) is 5.91 Å². The molecule has 1 unspecified atom stereocenters. The molecule has 3 heteroatoms. The highest BCUT2D eigenvalue weighted by Crippen LogP contribution is 2.10. The summed E-state index contributed by atoms with van der Waals surface area (Å²) in [5, 5.41) is 3.52. The number of hydrogen-bond acceptors (Lipinski definition) is 2. The summed E-state index contributed by atoms with van der Waals surface area (Å²) in [4.78, 5) is 13.6. The summed E-state index contributed by atoms with van der Waals surface area (Å²) in [7, 11) is 1.93. The Morgan fingerprint density at radius 1 is 1.44 bits per heavy atom. The minimum Gasteiger partial charge on any atom is -0.346 e. The van der Waals surface area contributed by atoms with Crippen LogP contribution in [0.25, 0.3) is 0 Å². The molecular formula is C13H26N2O. The van der Waals surface area contributed by atoms with E-state index in [1.165, 1.54) is 19.3 Å². The number of carbonyl (C=O) groups excluding carboxylic acids is 1. The van der Waals surface area contributed by atoms with Gasteiger partial charge in [0.05, 0.1) is 0 Å². The van der Waals surface area contributed by atoms with Crippen molar-refractivity contribution in [3.63, 3.8) is 0 Å². The molecule has 1 fully saturated rings. The van der Waals surface area contributed by atoms with Crippen molar-refractivity contribution in [1.82, 2.24) is 10.2 Å². The fraction of sp³-hybridized carbons (Fsp3) is 0.923. The largest absolute Gasteiger partial charge is 0.346 e. The molecule has 0 aliphatic carbocycles. The van der Waals surface area contributed by atoms with Gasteiger partial charge in [0, 0.05) is 26.1 Å². The number of nitrogens with one attached hydrogen (secondary N) is 1. The second kappa shape index (κ2) is 7.66. The molecule has 0 saturated carbocycles. The van der Waals surface area contributed by atoms with Crippen LogP contribution in [-0.4, -0.2) is 37.0 Å². The molecule has 1 amide bonds. The van der Waals surface area contributed by atoms with Gasteiger partial charge in [-0.15, -0.1) is 0 Å². The maximum Gasteiger partial charge on any atom is 0.222 e. The first-order valence-corrected chi connectivity index (χ1v) is 6.71. The molecule has 94 valence electrons. The molecule has 0 aromatic rings. The zero-order valence-corrected chi connectivity index (χ0v) is 10.8. The summed E-state index contributed by atoms with van der Waals surface area (Å²) in [5.74, 6) is 0.303. The first kappa shape index (κ1) is 13.5. The van der Waals surface area contributed by atoms with Gasteiger partial charge >= 0.3 is 0 Å². The van der Waals surface area contributed by atoms with Gasteiger partial charge in [-0.3, -0.25) is 4.79 Å². The van der Waals surface area contributed by atoms with E-state index in [-0.39, 0.29) is 0 Å². The molecule has 1 rings (SSSR count). The molecule has 16 heavy (non-hydrogen) atoms. The fourth-order valence-electron chi connectivity index (χ4n) is 2.16. The average Bonchev–Trinajstić information content (AvgIpc) is 2.34. The van der Waals surface area contributed by atoms with Crippen molar-refractivity contribution in [2.75, 3.05) is 20.1 Å². The summed E-state index contributed by atoms with van der Waals surface area (Å²) in [6, 6.07) is 0.634. The molecule has 1 atom stereocenters. The number of nitrogens with zero attached hydrogens (tertiary/aromatic N) is 1. The molecular weight excluding hydrogens is 200 g/mol. The topological polar surface area (TPSA) is 32.3 Å². The van der Waals surface area contributed by atoms with Gasteiger partial charge in [-0.25, -0.2) is 0 Å². The second-order valence-electron chi connectivity index (χ2n) is 4.85. The van der Waals surface area contributed by atoms with Crippen molar-refractivity contribution in [3.05, 3.63) is 0 Å². The molecule has 3 nitrogen and oxygen atoms in total. The highest BCUT2D eigenvalue weighted by atomic mass is 16.2. The standard InChI is InChI=1S/C13H26N2O/c1-3-4-8-13(16)15(2)11-9-12-7-5-6-10-14-12/h12,14H,3-11H2,1-2H3. The third kappa shape index (κ3) is 4.97. The van der Waals surface area contributed by atoms with Crippen LogP contribution >= 0.6 is 0 Å². The van der Waals surface area contributed by atoms with Crippen molar-refractivity contribution in [3.8, 4) is 0 Å². The highest BCUT2D eigenvalue weighted by Gasteiger charge is 2.14. The van der Waals surface area contributed by atoms with Gasteiger partial charge < -0.3 is 10.2 Å². The van der Waals surface area contributed by atoms with Crippen LogP contribution in [0.5, 0.6) is 0 Å². The molecule has 0 radical (unpaired) electrons. The number of hydrogen-bond donors (Lipinski definition) is 1. The van der Waals surface area contributed by atoms with Crippen molar-refractivity contribution < 1.29 is 4.79 Å². The molecule has 1 N–H and O–H groups in total. The highest BCUT2D eigenvalue weighted by molar-refractivity contribution is 5.75. The third-order valence-corrected chi connectivity index (χ3v) is 3.40. The molecule has 0 aromatic carbocycles. The van der Waals surface area contributed by atoms with E-state index in [0.29, 0.717) is 18.4 Å². The smallest absolute Gasteiger partial charge is 0.222 e. The monoisotopic (exact) mass is 226 g/mol. The predicted molar refractivity (Wildman–Crippen MR) is 67.4 cm³/mol. The molecule has 1 heterocycles. The quantitative estimate of drug-likeness (QED) is 0.753. The lowest BCUT2D eigenvalue weighted by molar-refractivity contribution is -0.130. The normalized spacial score (nSPS) is 20.8. The van der Waals surface area contributed by atoms with Crippen LogP contribution in [0.1, 0.15) is 51.9 Å². The summed E-state index contributed by atoms with van der Waals surface area (Å²) < 4.78 is 0. The van der Waals surface area contributed by atoms with Gasteiger partial charge in [-0.05, 0) is 32.2 Å². The Kier molecular flexibility index (Phi) is 6.46. The van der Waals surface area contributed by atoms with E-state index < -0.39 is 0 Å². The maximum absolute atomic E-state index is 11.7. The molecule has 0 bridgehead atoms. The summed E-state index contributed by atoms with van der Waals surface area (Å²) in [6.45, 7) is 4.18. The lowest BCUT2D eigenvalue weighted by atomic mass is 10.0. The van der Waals surface area contributed by atoms with Crippen molar-refractivity contribution >= 4 is 5.91 Å². The number of unbranched alkanes of at least 4 members (excludes halogenated alkanes) is 1. The van der Waals surface area contributed by atoms with Crippen LogP contribution in [0, 0.1) is 0 Å². The van der Waals surface area contributed by atoms with Crippen LogP contribution in [0.15, 0.2) is 0 Å². The van der Waals surface area contributed by atoms with Crippen LogP contribution in [0.2, 0.25) is 0 Å². The number of amides is 1. The van der Waals surface area contributed by atoms with Crippen molar-refractivity contribution in [1.29, 1.82) is 0 Å². The first-order valence-electron chi connectivity index (χ1n) is 6.71. The Bertz CT molecular complexity index is 200. The number of carbonyl (C=O) groups is 1. The van der Waals surface area contributed by atoms with Crippen molar-refractivity contribution in [2.45, 2.75) is 57.9 Å². The number of piperidine rings is 1. The molecule has 0 spiro atoms. The van der Waals surface area contributed by atoms with Gasteiger partial charge in [0.15, 0.2) is 0 Å². The lowest BCUT2D eigenvalue weighted by Gasteiger charge is -2.26. The fourth-order valence-corrected chi connectivity index (χ4v) is 2.16. The third-order valence-electron chi connectivity index (χ3n) is 3.40. The minimum absolute atomic E-state index is 0.303. The zero-order chi connectivity index (χ0) is 11.8. The summed E-state index contributed by atoms with van der Waals surface area (Å²) in [5.41, 5.74) is 0. The Balaban J connectivity index is 2.12.